The highest BCUT2D eigenvalue weighted by Crippen LogP contribution is 2.23. The molecular formula is C14H20N2O3S. The highest BCUT2D eigenvalue weighted by atomic mass is 32.2. The number of hydrogen-bond donors (Lipinski definition) is 1. The van der Waals surface area contributed by atoms with Gasteiger partial charge in [0.25, 0.3) is 0 Å². The molecule has 110 valence electrons. The fourth-order valence-electron chi connectivity index (χ4n) is 2.19. The Hall–Kier alpha value is -1.40. The highest BCUT2D eigenvalue weighted by Gasteiger charge is 2.24. The molecule has 2 rings (SSSR count). The third-order valence-electron chi connectivity index (χ3n) is 2.97. The lowest BCUT2D eigenvalue weighted by Crippen LogP contribution is -2.40. The molecule has 0 bridgehead atoms. The van der Waals surface area contributed by atoms with Crippen LogP contribution in [0, 0.1) is 0 Å². The molecule has 0 radical (unpaired) electrons. The van der Waals surface area contributed by atoms with Crippen LogP contribution in [-0.2, 0) is 14.8 Å². The summed E-state index contributed by atoms with van der Waals surface area (Å²) in [6.07, 6.45) is 1.41. The summed E-state index contributed by atoms with van der Waals surface area (Å²) in [7, 11) is -3.53. The summed E-state index contributed by atoms with van der Waals surface area (Å²) >= 11 is 0. The molecule has 5 nitrogen and oxygen atoms in total. The number of rotatable bonds is 3. The van der Waals surface area contributed by atoms with Gasteiger partial charge in [-0.2, -0.15) is 0 Å². The van der Waals surface area contributed by atoms with Gasteiger partial charge in [0, 0.05) is 24.2 Å². The Morgan fingerprint density at radius 2 is 1.75 bits per heavy atom. The first-order valence-corrected chi connectivity index (χ1v) is 8.12. The molecule has 0 saturated carbocycles. The van der Waals surface area contributed by atoms with Crippen molar-refractivity contribution in [3.63, 3.8) is 0 Å². The minimum atomic E-state index is -3.53. The molecule has 1 amide bonds. The first-order chi connectivity index (χ1) is 9.19. The SMILES string of the molecule is CC(C)(C)NS(=O)(=O)c1ccc(N2CCCC2=O)cc1. The van der Waals surface area contributed by atoms with Crippen molar-refractivity contribution in [2.75, 3.05) is 11.4 Å². The molecule has 0 spiro atoms. The van der Waals surface area contributed by atoms with Gasteiger partial charge in [0.2, 0.25) is 15.9 Å². The number of nitrogens with zero attached hydrogens (tertiary/aromatic N) is 1. The van der Waals surface area contributed by atoms with E-state index in [9.17, 15) is 13.2 Å². The zero-order valence-electron chi connectivity index (χ0n) is 12.0. The van der Waals surface area contributed by atoms with Crippen molar-refractivity contribution in [2.45, 2.75) is 44.0 Å². The van der Waals surface area contributed by atoms with Gasteiger partial charge in [-0.25, -0.2) is 13.1 Å². The fourth-order valence-corrected chi connectivity index (χ4v) is 3.61. The first-order valence-electron chi connectivity index (χ1n) is 6.63. The van der Waals surface area contributed by atoms with Crippen LogP contribution in [0.15, 0.2) is 29.2 Å². The van der Waals surface area contributed by atoms with Crippen molar-refractivity contribution in [3.8, 4) is 0 Å². The standard InChI is InChI=1S/C14H20N2O3S/c1-14(2,3)15-20(18,19)12-8-6-11(7-9-12)16-10-4-5-13(16)17/h6-9,15H,4-5,10H2,1-3H3. The lowest BCUT2D eigenvalue weighted by molar-refractivity contribution is -0.117. The fraction of sp³-hybridized carbons (Fsp3) is 0.500. The van der Waals surface area contributed by atoms with E-state index < -0.39 is 15.6 Å². The van der Waals surface area contributed by atoms with Crippen LogP contribution in [0.3, 0.4) is 0 Å². The Labute approximate surface area is 120 Å². The monoisotopic (exact) mass is 296 g/mol. The van der Waals surface area contributed by atoms with Crippen molar-refractivity contribution < 1.29 is 13.2 Å². The zero-order valence-corrected chi connectivity index (χ0v) is 12.8. The number of benzene rings is 1. The molecule has 1 saturated heterocycles. The Kier molecular flexibility index (Phi) is 3.88. The van der Waals surface area contributed by atoms with Gasteiger partial charge in [-0.3, -0.25) is 4.79 Å². The molecule has 20 heavy (non-hydrogen) atoms. The number of nitrogens with one attached hydrogen (secondary N) is 1. The summed E-state index contributed by atoms with van der Waals surface area (Å²) in [5, 5.41) is 0. The minimum absolute atomic E-state index is 0.0911. The molecule has 1 aliphatic heterocycles. The third kappa shape index (κ3) is 3.37. The number of carbonyl (C=O) groups is 1. The van der Waals surface area contributed by atoms with E-state index in [4.69, 9.17) is 0 Å². The highest BCUT2D eigenvalue weighted by molar-refractivity contribution is 7.89. The van der Waals surface area contributed by atoms with Crippen LogP contribution in [-0.4, -0.2) is 26.4 Å². The Balaban J connectivity index is 2.22. The largest absolute Gasteiger partial charge is 0.312 e. The minimum Gasteiger partial charge on any atom is -0.312 e. The van der Waals surface area contributed by atoms with E-state index in [2.05, 4.69) is 4.72 Å². The lowest BCUT2D eigenvalue weighted by Gasteiger charge is -2.21. The van der Waals surface area contributed by atoms with E-state index in [1.807, 2.05) is 0 Å². The Morgan fingerprint density at radius 1 is 1.15 bits per heavy atom. The molecular weight excluding hydrogens is 276 g/mol. The molecule has 0 atom stereocenters. The van der Waals surface area contributed by atoms with E-state index in [1.54, 1.807) is 37.8 Å². The average molecular weight is 296 g/mol. The number of anilines is 1. The van der Waals surface area contributed by atoms with Gasteiger partial charge >= 0.3 is 0 Å². The van der Waals surface area contributed by atoms with Crippen LogP contribution >= 0.6 is 0 Å². The van der Waals surface area contributed by atoms with Gasteiger partial charge in [0.05, 0.1) is 4.90 Å². The van der Waals surface area contributed by atoms with Gasteiger partial charge in [-0.15, -0.1) is 0 Å². The molecule has 1 heterocycles. The normalized spacial score (nSPS) is 16.8. The van der Waals surface area contributed by atoms with E-state index >= 15 is 0 Å². The molecule has 0 unspecified atom stereocenters. The quantitative estimate of drug-likeness (QED) is 0.926. The second kappa shape index (κ2) is 5.18. The molecule has 1 fully saturated rings. The van der Waals surface area contributed by atoms with Gasteiger partial charge in [-0.05, 0) is 51.5 Å². The maximum atomic E-state index is 12.2. The molecule has 6 heteroatoms. The van der Waals surface area contributed by atoms with Gasteiger partial charge < -0.3 is 4.90 Å². The van der Waals surface area contributed by atoms with E-state index in [0.29, 0.717) is 13.0 Å². The van der Waals surface area contributed by atoms with Crippen molar-refractivity contribution in [3.05, 3.63) is 24.3 Å². The molecule has 1 N–H and O–H groups in total. The summed E-state index contributed by atoms with van der Waals surface area (Å²) in [4.78, 5) is 13.5. The number of sulfonamides is 1. The first kappa shape index (κ1) is 15.0. The molecule has 1 aliphatic rings. The van der Waals surface area contributed by atoms with Gasteiger partial charge in [0.1, 0.15) is 0 Å². The summed E-state index contributed by atoms with van der Waals surface area (Å²) in [5.74, 6) is 0.0911. The van der Waals surface area contributed by atoms with Crippen molar-refractivity contribution >= 4 is 21.6 Å². The number of hydrogen-bond acceptors (Lipinski definition) is 3. The average Bonchev–Trinajstić information content (AvgIpc) is 2.72. The Morgan fingerprint density at radius 3 is 2.20 bits per heavy atom. The van der Waals surface area contributed by atoms with Gasteiger partial charge in [-0.1, -0.05) is 0 Å². The van der Waals surface area contributed by atoms with Crippen molar-refractivity contribution in [1.29, 1.82) is 0 Å². The predicted octanol–water partition coefficient (Wildman–Crippen LogP) is 1.89. The van der Waals surface area contributed by atoms with E-state index in [1.165, 1.54) is 12.1 Å². The zero-order chi connectivity index (χ0) is 15.0. The van der Waals surface area contributed by atoms with Crippen LogP contribution < -0.4 is 9.62 Å². The third-order valence-corrected chi connectivity index (χ3v) is 4.75. The van der Waals surface area contributed by atoms with Crippen LogP contribution in [0.4, 0.5) is 5.69 Å². The molecule has 0 aromatic heterocycles. The summed E-state index contributed by atoms with van der Waals surface area (Å²) < 4.78 is 26.9. The summed E-state index contributed by atoms with van der Waals surface area (Å²) in [5.41, 5.74) is 0.227. The predicted molar refractivity (Wildman–Crippen MR) is 78.1 cm³/mol. The number of carbonyl (C=O) groups excluding carboxylic acids is 1. The summed E-state index contributed by atoms with van der Waals surface area (Å²) in [6.45, 7) is 6.08. The van der Waals surface area contributed by atoms with Crippen LogP contribution in [0.2, 0.25) is 0 Å². The van der Waals surface area contributed by atoms with Crippen LogP contribution in [0.1, 0.15) is 33.6 Å². The molecule has 1 aromatic carbocycles. The van der Waals surface area contributed by atoms with Crippen molar-refractivity contribution in [2.24, 2.45) is 0 Å². The molecule has 0 aliphatic carbocycles. The van der Waals surface area contributed by atoms with Crippen LogP contribution in [0.25, 0.3) is 0 Å². The second-order valence-electron chi connectivity index (χ2n) is 6.00. The molecule has 1 aromatic rings. The number of amides is 1. The van der Waals surface area contributed by atoms with Crippen molar-refractivity contribution in [1.82, 2.24) is 4.72 Å². The smallest absolute Gasteiger partial charge is 0.241 e. The second-order valence-corrected chi connectivity index (χ2v) is 7.68. The van der Waals surface area contributed by atoms with Gasteiger partial charge in [0.15, 0.2) is 0 Å². The topological polar surface area (TPSA) is 66.5 Å². The summed E-state index contributed by atoms with van der Waals surface area (Å²) in [6, 6.07) is 6.44. The van der Waals surface area contributed by atoms with E-state index in [0.717, 1.165) is 12.1 Å². The maximum Gasteiger partial charge on any atom is 0.241 e. The lowest BCUT2D eigenvalue weighted by atomic mass is 10.1. The maximum absolute atomic E-state index is 12.2. The van der Waals surface area contributed by atoms with Crippen LogP contribution in [0.5, 0.6) is 0 Å². The van der Waals surface area contributed by atoms with E-state index in [-0.39, 0.29) is 10.8 Å². The Bertz CT molecular complexity index is 600.